The first-order valence-electron chi connectivity index (χ1n) is 7.42. The Morgan fingerprint density at radius 1 is 1.35 bits per heavy atom. The molecule has 6 heteroatoms. The fourth-order valence-electron chi connectivity index (χ4n) is 2.78. The summed E-state index contributed by atoms with van der Waals surface area (Å²) in [5.41, 5.74) is 0. The van der Waals surface area contributed by atoms with E-state index in [2.05, 4.69) is 17.1 Å². The Bertz CT molecular complexity index is 322. The molecule has 1 fully saturated rings. The van der Waals surface area contributed by atoms with Gasteiger partial charge in [0.15, 0.2) is 0 Å². The van der Waals surface area contributed by atoms with Gasteiger partial charge in [-0.15, -0.1) is 0 Å². The summed E-state index contributed by atoms with van der Waals surface area (Å²) in [4.78, 5) is 24.5. The van der Waals surface area contributed by atoms with Crippen LogP contribution in [-0.2, 0) is 9.53 Å². The standard InChI is InChI=1S/C14H26N2O4/c1-3-7-16-9-11(5-6-13(17)18)8-12(10-16)15-14(19)20-4-2/h11-12H,3-10H2,1-2H3,(H,15,19)(H,17,18). The molecule has 1 heterocycles. The van der Waals surface area contributed by atoms with Gasteiger partial charge in [-0.05, 0) is 38.6 Å². The predicted octanol–water partition coefficient (Wildman–Crippen LogP) is 1.70. The van der Waals surface area contributed by atoms with Crippen LogP contribution in [0.5, 0.6) is 0 Å². The number of carboxylic acids is 1. The van der Waals surface area contributed by atoms with E-state index in [0.717, 1.165) is 32.5 Å². The number of piperidine rings is 1. The molecule has 0 aromatic heterocycles. The first kappa shape index (κ1) is 16.8. The molecule has 2 N–H and O–H groups in total. The van der Waals surface area contributed by atoms with Crippen molar-refractivity contribution in [2.45, 2.75) is 45.6 Å². The van der Waals surface area contributed by atoms with Crippen molar-refractivity contribution in [1.82, 2.24) is 10.2 Å². The molecule has 1 aliphatic heterocycles. The van der Waals surface area contributed by atoms with Gasteiger partial charge in [0.1, 0.15) is 0 Å². The van der Waals surface area contributed by atoms with Crippen LogP contribution in [0.3, 0.4) is 0 Å². The molecular formula is C14H26N2O4. The van der Waals surface area contributed by atoms with E-state index in [9.17, 15) is 9.59 Å². The fraction of sp³-hybridized carbons (Fsp3) is 0.857. The van der Waals surface area contributed by atoms with Gasteiger partial charge in [0.25, 0.3) is 0 Å². The van der Waals surface area contributed by atoms with E-state index in [-0.39, 0.29) is 18.6 Å². The highest BCUT2D eigenvalue weighted by Gasteiger charge is 2.28. The number of aliphatic carboxylic acids is 1. The van der Waals surface area contributed by atoms with E-state index in [1.54, 1.807) is 6.92 Å². The maximum atomic E-state index is 11.5. The summed E-state index contributed by atoms with van der Waals surface area (Å²) in [6.45, 7) is 6.97. The number of carboxylic acid groups (broad SMARTS) is 1. The highest BCUT2D eigenvalue weighted by molar-refractivity contribution is 5.67. The molecule has 0 aromatic carbocycles. The minimum atomic E-state index is -0.757. The number of nitrogens with one attached hydrogen (secondary N) is 1. The molecule has 0 radical (unpaired) electrons. The second kappa shape index (κ2) is 8.79. The molecule has 1 saturated heterocycles. The van der Waals surface area contributed by atoms with E-state index in [0.29, 0.717) is 18.9 Å². The lowest BCUT2D eigenvalue weighted by Crippen LogP contribution is -2.51. The Kier molecular flexibility index (Phi) is 7.36. The van der Waals surface area contributed by atoms with Crippen molar-refractivity contribution in [1.29, 1.82) is 0 Å². The third kappa shape index (κ3) is 6.23. The summed E-state index contributed by atoms with van der Waals surface area (Å²) in [5.74, 6) is -0.439. The highest BCUT2D eigenvalue weighted by Crippen LogP contribution is 2.21. The number of nitrogens with zero attached hydrogens (tertiary/aromatic N) is 1. The van der Waals surface area contributed by atoms with Gasteiger partial charge in [0, 0.05) is 25.6 Å². The lowest BCUT2D eigenvalue weighted by Gasteiger charge is -2.37. The average Bonchev–Trinajstić information content (AvgIpc) is 2.36. The lowest BCUT2D eigenvalue weighted by molar-refractivity contribution is -0.137. The van der Waals surface area contributed by atoms with Gasteiger partial charge in [-0.25, -0.2) is 4.79 Å². The van der Waals surface area contributed by atoms with Gasteiger partial charge < -0.3 is 20.1 Å². The smallest absolute Gasteiger partial charge is 0.407 e. The van der Waals surface area contributed by atoms with Gasteiger partial charge in [-0.2, -0.15) is 0 Å². The molecule has 0 saturated carbocycles. The fourth-order valence-corrected chi connectivity index (χ4v) is 2.78. The maximum Gasteiger partial charge on any atom is 0.407 e. The van der Waals surface area contributed by atoms with Crippen LogP contribution < -0.4 is 5.32 Å². The van der Waals surface area contributed by atoms with E-state index in [1.165, 1.54) is 0 Å². The van der Waals surface area contributed by atoms with Gasteiger partial charge in [0.05, 0.1) is 6.61 Å². The van der Waals surface area contributed by atoms with Crippen LogP contribution in [0.2, 0.25) is 0 Å². The molecular weight excluding hydrogens is 260 g/mol. The summed E-state index contributed by atoms with van der Waals surface area (Å²) < 4.78 is 4.91. The lowest BCUT2D eigenvalue weighted by atomic mass is 9.90. The zero-order valence-corrected chi connectivity index (χ0v) is 12.4. The molecule has 1 amide bonds. The van der Waals surface area contributed by atoms with Crippen molar-refractivity contribution in [3.63, 3.8) is 0 Å². The molecule has 0 aromatic rings. The Morgan fingerprint density at radius 3 is 2.70 bits per heavy atom. The van der Waals surface area contributed by atoms with Crippen LogP contribution in [0, 0.1) is 5.92 Å². The van der Waals surface area contributed by atoms with E-state index >= 15 is 0 Å². The number of amides is 1. The Labute approximate surface area is 120 Å². The quantitative estimate of drug-likeness (QED) is 0.744. The number of carbonyl (C=O) groups is 2. The van der Waals surface area contributed by atoms with E-state index in [4.69, 9.17) is 9.84 Å². The normalized spacial score (nSPS) is 23.3. The molecule has 0 bridgehead atoms. The maximum absolute atomic E-state index is 11.5. The van der Waals surface area contributed by atoms with Crippen molar-refractivity contribution in [2.75, 3.05) is 26.2 Å². The molecule has 6 nitrogen and oxygen atoms in total. The van der Waals surface area contributed by atoms with Crippen LogP contribution in [0.25, 0.3) is 0 Å². The second-order valence-electron chi connectivity index (χ2n) is 5.36. The predicted molar refractivity (Wildman–Crippen MR) is 75.7 cm³/mol. The average molecular weight is 286 g/mol. The van der Waals surface area contributed by atoms with Crippen LogP contribution in [0.1, 0.15) is 39.5 Å². The number of ether oxygens (including phenoxy) is 1. The van der Waals surface area contributed by atoms with E-state index < -0.39 is 5.97 Å². The summed E-state index contributed by atoms with van der Waals surface area (Å²) in [5, 5.41) is 11.7. The summed E-state index contributed by atoms with van der Waals surface area (Å²) >= 11 is 0. The SMILES string of the molecule is CCCN1CC(CCC(=O)O)CC(NC(=O)OCC)C1. The highest BCUT2D eigenvalue weighted by atomic mass is 16.5. The van der Waals surface area contributed by atoms with Crippen LogP contribution >= 0.6 is 0 Å². The molecule has 2 unspecified atom stereocenters. The number of rotatable bonds is 7. The van der Waals surface area contributed by atoms with Crippen molar-refractivity contribution in [3.8, 4) is 0 Å². The summed E-state index contributed by atoms with van der Waals surface area (Å²) in [6, 6.07) is 0.0492. The first-order valence-corrected chi connectivity index (χ1v) is 7.42. The largest absolute Gasteiger partial charge is 0.481 e. The zero-order chi connectivity index (χ0) is 15.0. The molecule has 1 rings (SSSR count). The van der Waals surface area contributed by atoms with Crippen molar-refractivity contribution >= 4 is 12.1 Å². The minimum absolute atomic E-state index is 0.0492. The van der Waals surface area contributed by atoms with Crippen LogP contribution in [0.15, 0.2) is 0 Å². The minimum Gasteiger partial charge on any atom is -0.481 e. The monoisotopic (exact) mass is 286 g/mol. The van der Waals surface area contributed by atoms with Gasteiger partial charge in [0.2, 0.25) is 0 Å². The molecule has 1 aliphatic rings. The third-order valence-corrected chi connectivity index (χ3v) is 3.52. The second-order valence-corrected chi connectivity index (χ2v) is 5.36. The van der Waals surface area contributed by atoms with Crippen molar-refractivity contribution in [3.05, 3.63) is 0 Å². The summed E-state index contributed by atoms with van der Waals surface area (Å²) in [6.07, 6.45) is 2.35. The van der Waals surface area contributed by atoms with Crippen LogP contribution in [-0.4, -0.2) is 54.4 Å². The van der Waals surface area contributed by atoms with Gasteiger partial charge in [-0.1, -0.05) is 6.92 Å². The Morgan fingerprint density at radius 2 is 2.10 bits per heavy atom. The summed E-state index contributed by atoms with van der Waals surface area (Å²) in [7, 11) is 0. The topological polar surface area (TPSA) is 78.9 Å². The molecule has 0 spiro atoms. The van der Waals surface area contributed by atoms with E-state index in [1.807, 2.05) is 0 Å². The number of hydrogen-bond acceptors (Lipinski definition) is 4. The number of hydrogen-bond donors (Lipinski definition) is 2. The molecule has 2 atom stereocenters. The third-order valence-electron chi connectivity index (χ3n) is 3.52. The van der Waals surface area contributed by atoms with Crippen LogP contribution in [0.4, 0.5) is 4.79 Å². The Hall–Kier alpha value is -1.30. The van der Waals surface area contributed by atoms with Crippen molar-refractivity contribution < 1.29 is 19.4 Å². The first-order chi connectivity index (χ1) is 9.55. The zero-order valence-electron chi connectivity index (χ0n) is 12.4. The van der Waals surface area contributed by atoms with Gasteiger partial charge >= 0.3 is 12.1 Å². The number of alkyl carbamates (subject to hydrolysis) is 1. The Balaban J connectivity index is 2.50. The van der Waals surface area contributed by atoms with Gasteiger partial charge in [-0.3, -0.25) is 4.79 Å². The molecule has 0 aliphatic carbocycles. The molecule has 116 valence electrons. The number of carbonyl (C=O) groups excluding carboxylic acids is 1. The number of likely N-dealkylation sites (tertiary alicyclic amines) is 1. The van der Waals surface area contributed by atoms with Crippen molar-refractivity contribution in [2.24, 2.45) is 5.92 Å². The molecule has 20 heavy (non-hydrogen) atoms.